The van der Waals surface area contributed by atoms with Crippen LogP contribution in [-0.4, -0.2) is 50.3 Å². The molecule has 0 spiro atoms. The highest BCUT2D eigenvalue weighted by Crippen LogP contribution is 2.28. The highest BCUT2D eigenvalue weighted by Gasteiger charge is 2.31. The van der Waals surface area contributed by atoms with Crippen LogP contribution in [0.15, 0.2) is 0 Å². The first kappa shape index (κ1) is 14.3. The molecule has 2 rings (SSSR count). The van der Waals surface area contributed by atoms with Crippen molar-refractivity contribution in [3.05, 3.63) is 0 Å². The van der Waals surface area contributed by atoms with Crippen LogP contribution in [0.5, 0.6) is 0 Å². The van der Waals surface area contributed by atoms with Gasteiger partial charge in [0.15, 0.2) is 0 Å². The molecule has 0 aromatic rings. The van der Waals surface area contributed by atoms with Gasteiger partial charge in [-0.25, -0.2) is 0 Å². The smallest absolute Gasteiger partial charge is 0.0589 e. The van der Waals surface area contributed by atoms with Crippen LogP contribution in [0, 0.1) is 5.92 Å². The number of nitrogens with one attached hydrogen (secondary N) is 1. The average molecular weight is 254 g/mol. The third-order valence-electron chi connectivity index (χ3n) is 4.84. The minimum absolute atomic E-state index is 0.708. The van der Waals surface area contributed by atoms with Gasteiger partial charge in [0, 0.05) is 38.8 Å². The Morgan fingerprint density at radius 2 is 2.00 bits per heavy atom. The van der Waals surface area contributed by atoms with E-state index in [1.54, 1.807) is 0 Å². The van der Waals surface area contributed by atoms with Gasteiger partial charge in [-0.15, -0.1) is 0 Å². The summed E-state index contributed by atoms with van der Waals surface area (Å²) >= 11 is 0. The molecule has 2 aliphatic rings. The van der Waals surface area contributed by atoms with Crippen molar-refractivity contribution < 1.29 is 4.74 Å². The predicted octanol–water partition coefficient (Wildman–Crippen LogP) is 2.27. The molecule has 2 unspecified atom stereocenters. The van der Waals surface area contributed by atoms with Crippen molar-refractivity contribution >= 4 is 0 Å². The summed E-state index contributed by atoms with van der Waals surface area (Å²) in [5.74, 6) is 0.918. The van der Waals surface area contributed by atoms with Gasteiger partial charge in [0.2, 0.25) is 0 Å². The molecule has 1 aliphatic heterocycles. The van der Waals surface area contributed by atoms with Gasteiger partial charge in [-0.2, -0.15) is 0 Å². The van der Waals surface area contributed by atoms with E-state index in [-0.39, 0.29) is 0 Å². The molecule has 0 aromatic heterocycles. The lowest BCUT2D eigenvalue weighted by Gasteiger charge is -2.43. The molecular weight excluding hydrogens is 224 g/mol. The summed E-state index contributed by atoms with van der Waals surface area (Å²) in [4.78, 5) is 2.65. The fourth-order valence-corrected chi connectivity index (χ4v) is 3.62. The summed E-state index contributed by atoms with van der Waals surface area (Å²) in [7, 11) is 1.81. The van der Waals surface area contributed by atoms with Crippen LogP contribution < -0.4 is 5.32 Å². The quantitative estimate of drug-likeness (QED) is 0.814. The van der Waals surface area contributed by atoms with Crippen molar-refractivity contribution in [1.29, 1.82) is 0 Å². The van der Waals surface area contributed by atoms with Crippen molar-refractivity contribution in [2.75, 3.05) is 33.4 Å². The molecule has 18 heavy (non-hydrogen) atoms. The predicted molar refractivity (Wildman–Crippen MR) is 75.9 cm³/mol. The number of hydrogen-bond donors (Lipinski definition) is 1. The topological polar surface area (TPSA) is 24.5 Å². The Bertz CT molecular complexity index is 229. The van der Waals surface area contributed by atoms with Gasteiger partial charge in [0.1, 0.15) is 0 Å². The molecule has 2 atom stereocenters. The second-order valence-electron chi connectivity index (χ2n) is 5.96. The van der Waals surface area contributed by atoms with E-state index in [9.17, 15) is 0 Å². The Kier molecular flexibility index (Phi) is 5.93. The summed E-state index contributed by atoms with van der Waals surface area (Å²) in [5, 5.41) is 3.81. The monoisotopic (exact) mass is 254 g/mol. The van der Waals surface area contributed by atoms with Crippen LogP contribution in [-0.2, 0) is 4.74 Å². The SMILES string of the molecule is CCC1CNC(C2CCCCC2)CN1CCOC. The molecule has 1 saturated heterocycles. The third kappa shape index (κ3) is 3.69. The van der Waals surface area contributed by atoms with Crippen molar-refractivity contribution in [1.82, 2.24) is 10.2 Å². The zero-order chi connectivity index (χ0) is 12.8. The lowest BCUT2D eigenvalue weighted by molar-refractivity contribution is 0.0654. The third-order valence-corrected chi connectivity index (χ3v) is 4.84. The second kappa shape index (κ2) is 7.46. The van der Waals surface area contributed by atoms with Crippen molar-refractivity contribution in [2.24, 2.45) is 5.92 Å². The molecule has 3 heteroatoms. The number of piperazine rings is 1. The van der Waals surface area contributed by atoms with Crippen LogP contribution in [0.2, 0.25) is 0 Å². The van der Waals surface area contributed by atoms with Crippen LogP contribution in [0.4, 0.5) is 0 Å². The van der Waals surface area contributed by atoms with E-state index in [4.69, 9.17) is 4.74 Å². The Labute approximate surface area is 112 Å². The Hall–Kier alpha value is -0.120. The summed E-state index contributed by atoms with van der Waals surface area (Å²) in [6, 6.07) is 1.44. The van der Waals surface area contributed by atoms with E-state index in [1.165, 1.54) is 51.6 Å². The van der Waals surface area contributed by atoms with Crippen LogP contribution in [0.3, 0.4) is 0 Å². The van der Waals surface area contributed by atoms with Crippen LogP contribution >= 0.6 is 0 Å². The van der Waals surface area contributed by atoms with Crippen LogP contribution in [0.25, 0.3) is 0 Å². The maximum Gasteiger partial charge on any atom is 0.0589 e. The van der Waals surface area contributed by atoms with Crippen LogP contribution in [0.1, 0.15) is 45.4 Å². The highest BCUT2D eigenvalue weighted by molar-refractivity contribution is 4.90. The zero-order valence-corrected chi connectivity index (χ0v) is 12.2. The van der Waals surface area contributed by atoms with Gasteiger partial charge in [0.25, 0.3) is 0 Å². The maximum atomic E-state index is 5.26. The first-order valence-corrected chi connectivity index (χ1v) is 7.81. The normalized spacial score (nSPS) is 31.7. The van der Waals surface area contributed by atoms with E-state index in [1.807, 2.05) is 7.11 Å². The van der Waals surface area contributed by atoms with E-state index < -0.39 is 0 Å². The lowest BCUT2D eigenvalue weighted by atomic mass is 9.82. The second-order valence-corrected chi connectivity index (χ2v) is 5.96. The first-order chi connectivity index (χ1) is 8.85. The minimum atomic E-state index is 0.708. The van der Waals surface area contributed by atoms with Crippen molar-refractivity contribution in [3.8, 4) is 0 Å². The summed E-state index contributed by atoms with van der Waals surface area (Å²) < 4.78 is 5.26. The molecule has 0 bridgehead atoms. The Morgan fingerprint density at radius 3 is 2.67 bits per heavy atom. The van der Waals surface area contributed by atoms with E-state index >= 15 is 0 Å². The average Bonchev–Trinajstić information content (AvgIpc) is 2.45. The summed E-state index contributed by atoms with van der Waals surface area (Å²) in [6.07, 6.45) is 8.46. The fraction of sp³-hybridized carbons (Fsp3) is 1.00. The van der Waals surface area contributed by atoms with Gasteiger partial charge in [-0.05, 0) is 25.2 Å². The van der Waals surface area contributed by atoms with Gasteiger partial charge < -0.3 is 10.1 Å². The van der Waals surface area contributed by atoms with Gasteiger partial charge in [0.05, 0.1) is 6.61 Å². The number of rotatable bonds is 5. The molecular formula is C15H30N2O. The van der Waals surface area contributed by atoms with Gasteiger partial charge in [-0.3, -0.25) is 4.90 Å². The van der Waals surface area contributed by atoms with Crippen molar-refractivity contribution in [3.63, 3.8) is 0 Å². The molecule has 3 nitrogen and oxygen atoms in total. The van der Waals surface area contributed by atoms with Gasteiger partial charge in [-0.1, -0.05) is 26.2 Å². The molecule has 0 radical (unpaired) electrons. The molecule has 0 aromatic carbocycles. The summed E-state index contributed by atoms with van der Waals surface area (Å²) in [5.41, 5.74) is 0. The number of ether oxygens (including phenoxy) is 1. The molecule has 1 aliphatic carbocycles. The number of hydrogen-bond acceptors (Lipinski definition) is 3. The molecule has 106 valence electrons. The molecule has 0 amide bonds. The largest absolute Gasteiger partial charge is 0.383 e. The number of methoxy groups -OCH3 is 1. The standard InChI is InChI=1S/C15H30N2O/c1-3-14-11-16-15(12-17(14)9-10-18-2)13-7-5-4-6-8-13/h13-16H,3-12H2,1-2H3. The lowest BCUT2D eigenvalue weighted by Crippen LogP contribution is -2.59. The van der Waals surface area contributed by atoms with Crippen molar-refractivity contribution in [2.45, 2.75) is 57.5 Å². The van der Waals surface area contributed by atoms with E-state index in [0.29, 0.717) is 6.04 Å². The maximum absolute atomic E-state index is 5.26. The highest BCUT2D eigenvalue weighted by atomic mass is 16.5. The number of nitrogens with zero attached hydrogens (tertiary/aromatic N) is 1. The summed E-state index contributed by atoms with van der Waals surface area (Å²) in [6.45, 7) is 6.66. The van der Waals surface area contributed by atoms with E-state index in [0.717, 1.165) is 25.1 Å². The zero-order valence-electron chi connectivity index (χ0n) is 12.2. The van der Waals surface area contributed by atoms with E-state index in [2.05, 4.69) is 17.1 Å². The molecule has 1 N–H and O–H groups in total. The minimum Gasteiger partial charge on any atom is -0.383 e. The van der Waals surface area contributed by atoms with Gasteiger partial charge >= 0.3 is 0 Å². The molecule has 1 saturated carbocycles. The Balaban J connectivity index is 1.86. The fourth-order valence-electron chi connectivity index (χ4n) is 3.62. The first-order valence-electron chi connectivity index (χ1n) is 7.81. The molecule has 1 heterocycles. The molecule has 2 fully saturated rings. The Morgan fingerprint density at radius 1 is 1.22 bits per heavy atom.